The summed E-state index contributed by atoms with van der Waals surface area (Å²) in [7, 11) is 0. The predicted octanol–water partition coefficient (Wildman–Crippen LogP) is 5.33. The number of likely N-dealkylation sites (tertiary alicyclic amines) is 1. The Morgan fingerprint density at radius 3 is 2.63 bits per heavy atom. The Morgan fingerprint density at radius 2 is 2.04 bits per heavy atom. The van der Waals surface area contributed by atoms with Crippen LogP contribution in [0.5, 0.6) is 0 Å². The lowest BCUT2D eigenvalue weighted by Gasteiger charge is -2.34. The molecule has 1 heterocycles. The molecule has 2 rings (SSSR count). The van der Waals surface area contributed by atoms with Gasteiger partial charge in [-0.2, -0.15) is 0 Å². The number of rotatable bonds is 5. The van der Waals surface area contributed by atoms with Crippen LogP contribution in [0.2, 0.25) is 0 Å². The number of piperidine rings is 1. The highest BCUT2D eigenvalue weighted by Gasteiger charge is 2.29. The van der Waals surface area contributed by atoms with E-state index in [1.807, 2.05) is 33.8 Å². The zero-order valence-corrected chi connectivity index (χ0v) is 16.9. The molecule has 0 radical (unpaired) electrons. The summed E-state index contributed by atoms with van der Waals surface area (Å²) in [4.78, 5) is 18.4. The molecule has 5 heteroatoms. The molecule has 0 spiro atoms. The molecule has 0 N–H and O–H groups in total. The van der Waals surface area contributed by atoms with Gasteiger partial charge >= 0.3 is 6.09 Å². The molecule has 1 saturated heterocycles. The standard InChI is InChI=1S/C22H31FN2O2/c1-16(2)9-12-24-15-18-7-6-8-19(23)20(18)17-10-13-25(14-11-17)21(26)27-22(3,4)5/h6-8,15,17H,1,9-14H2,2-5H3. The predicted molar refractivity (Wildman–Crippen MR) is 108 cm³/mol. The summed E-state index contributed by atoms with van der Waals surface area (Å²) in [6.45, 7) is 13.2. The first kappa shape index (κ1) is 21.1. The highest BCUT2D eigenvalue weighted by Crippen LogP contribution is 2.32. The van der Waals surface area contributed by atoms with Gasteiger partial charge in [0.15, 0.2) is 0 Å². The molecule has 0 unspecified atom stereocenters. The Hall–Kier alpha value is -2.17. The summed E-state index contributed by atoms with van der Waals surface area (Å²) in [5, 5.41) is 0. The van der Waals surface area contributed by atoms with E-state index in [1.54, 1.807) is 17.2 Å². The number of hydrogen-bond acceptors (Lipinski definition) is 3. The summed E-state index contributed by atoms with van der Waals surface area (Å²) >= 11 is 0. The topological polar surface area (TPSA) is 41.9 Å². The van der Waals surface area contributed by atoms with Crippen molar-refractivity contribution < 1.29 is 13.9 Å². The Morgan fingerprint density at radius 1 is 1.37 bits per heavy atom. The lowest BCUT2D eigenvalue weighted by atomic mass is 9.86. The van der Waals surface area contributed by atoms with E-state index in [2.05, 4.69) is 11.6 Å². The second-order valence-electron chi connectivity index (χ2n) is 8.23. The third kappa shape index (κ3) is 6.49. The lowest BCUT2D eigenvalue weighted by Crippen LogP contribution is -2.41. The minimum absolute atomic E-state index is 0.0764. The maximum atomic E-state index is 14.6. The van der Waals surface area contributed by atoms with Crippen molar-refractivity contribution in [3.8, 4) is 0 Å². The molecule has 0 saturated carbocycles. The monoisotopic (exact) mass is 374 g/mol. The summed E-state index contributed by atoms with van der Waals surface area (Å²) in [5.41, 5.74) is 2.11. The van der Waals surface area contributed by atoms with E-state index in [9.17, 15) is 9.18 Å². The van der Waals surface area contributed by atoms with Gasteiger partial charge in [0.1, 0.15) is 11.4 Å². The van der Waals surface area contributed by atoms with Crippen molar-refractivity contribution in [2.24, 2.45) is 4.99 Å². The zero-order valence-electron chi connectivity index (χ0n) is 16.9. The zero-order chi connectivity index (χ0) is 20.0. The first-order valence-electron chi connectivity index (χ1n) is 9.58. The SMILES string of the molecule is C=C(C)CCN=Cc1cccc(F)c1C1CCN(C(=O)OC(C)(C)C)CC1. The van der Waals surface area contributed by atoms with Crippen LogP contribution in [0.15, 0.2) is 35.3 Å². The van der Waals surface area contributed by atoms with Crippen LogP contribution >= 0.6 is 0 Å². The molecular formula is C22H31FN2O2. The molecule has 148 valence electrons. The van der Waals surface area contributed by atoms with Crippen molar-refractivity contribution in [1.29, 1.82) is 0 Å². The van der Waals surface area contributed by atoms with Crippen LogP contribution in [0.1, 0.15) is 64.0 Å². The number of amides is 1. The number of nitrogens with zero attached hydrogens (tertiary/aromatic N) is 2. The van der Waals surface area contributed by atoms with E-state index in [-0.39, 0.29) is 17.8 Å². The third-order valence-corrected chi connectivity index (χ3v) is 4.54. The van der Waals surface area contributed by atoms with Gasteiger partial charge in [-0.1, -0.05) is 17.7 Å². The maximum absolute atomic E-state index is 14.6. The average Bonchev–Trinajstić information content (AvgIpc) is 2.57. The molecule has 0 aromatic heterocycles. The van der Waals surface area contributed by atoms with E-state index in [0.717, 1.165) is 17.6 Å². The van der Waals surface area contributed by atoms with Gasteiger partial charge in [0, 0.05) is 25.8 Å². The molecule has 27 heavy (non-hydrogen) atoms. The Labute approximate surface area is 162 Å². The third-order valence-electron chi connectivity index (χ3n) is 4.54. The Balaban J connectivity index is 2.05. The number of carbonyl (C=O) groups excluding carboxylic acids is 1. The second kappa shape index (κ2) is 9.16. The van der Waals surface area contributed by atoms with E-state index >= 15 is 0 Å². The quantitative estimate of drug-likeness (QED) is 0.517. The Kier molecular flexibility index (Phi) is 7.17. The van der Waals surface area contributed by atoms with Crippen LogP contribution in [0.25, 0.3) is 0 Å². The number of ether oxygens (including phenoxy) is 1. The fraction of sp³-hybridized carbons (Fsp3) is 0.545. The minimum Gasteiger partial charge on any atom is -0.444 e. The highest BCUT2D eigenvalue weighted by atomic mass is 19.1. The molecule has 0 bridgehead atoms. The van der Waals surface area contributed by atoms with E-state index in [4.69, 9.17) is 4.74 Å². The molecular weight excluding hydrogens is 343 g/mol. The molecule has 1 amide bonds. The molecule has 1 aromatic carbocycles. The summed E-state index contributed by atoms with van der Waals surface area (Å²) < 4.78 is 20.0. The highest BCUT2D eigenvalue weighted by molar-refractivity contribution is 5.82. The van der Waals surface area contributed by atoms with Gasteiger partial charge in [-0.3, -0.25) is 4.99 Å². The molecule has 1 fully saturated rings. The Bertz CT molecular complexity index is 699. The van der Waals surface area contributed by atoms with Crippen molar-refractivity contribution in [2.45, 2.75) is 58.5 Å². The molecule has 1 aliphatic rings. The molecule has 0 atom stereocenters. The normalized spacial score (nSPS) is 16.0. The van der Waals surface area contributed by atoms with Crippen LogP contribution < -0.4 is 0 Å². The van der Waals surface area contributed by atoms with Crippen LogP contribution in [0.3, 0.4) is 0 Å². The van der Waals surface area contributed by atoms with Crippen LogP contribution in [0.4, 0.5) is 9.18 Å². The van der Waals surface area contributed by atoms with Crippen LogP contribution in [0, 0.1) is 5.82 Å². The van der Waals surface area contributed by atoms with Crippen molar-refractivity contribution in [2.75, 3.05) is 19.6 Å². The summed E-state index contributed by atoms with van der Waals surface area (Å²) in [5.74, 6) is -0.123. The summed E-state index contributed by atoms with van der Waals surface area (Å²) in [6, 6.07) is 5.12. The van der Waals surface area contributed by atoms with Gasteiger partial charge in [0.2, 0.25) is 0 Å². The van der Waals surface area contributed by atoms with Gasteiger partial charge < -0.3 is 9.64 Å². The van der Waals surface area contributed by atoms with E-state index < -0.39 is 5.60 Å². The van der Waals surface area contributed by atoms with Crippen molar-refractivity contribution in [1.82, 2.24) is 4.90 Å². The first-order valence-corrected chi connectivity index (χ1v) is 9.58. The maximum Gasteiger partial charge on any atom is 0.410 e. The number of carbonyl (C=O) groups is 1. The molecule has 1 aliphatic heterocycles. The average molecular weight is 375 g/mol. The first-order chi connectivity index (χ1) is 12.7. The van der Waals surface area contributed by atoms with Gasteiger partial charge in [-0.15, -0.1) is 6.58 Å². The van der Waals surface area contributed by atoms with Gasteiger partial charge in [-0.25, -0.2) is 9.18 Å². The number of hydrogen-bond donors (Lipinski definition) is 0. The number of aliphatic imine (C=N–C) groups is 1. The lowest BCUT2D eigenvalue weighted by molar-refractivity contribution is 0.0204. The number of benzene rings is 1. The smallest absolute Gasteiger partial charge is 0.410 e. The molecule has 0 aliphatic carbocycles. The molecule has 4 nitrogen and oxygen atoms in total. The van der Waals surface area contributed by atoms with Crippen molar-refractivity contribution >= 4 is 12.3 Å². The van der Waals surface area contributed by atoms with Gasteiger partial charge in [0.25, 0.3) is 0 Å². The number of halogens is 1. The second-order valence-corrected chi connectivity index (χ2v) is 8.23. The largest absolute Gasteiger partial charge is 0.444 e. The van der Waals surface area contributed by atoms with E-state index in [0.29, 0.717) is 38.0 Å². The van der Waals surface area contributed by atoms with Crippen molar-refractivity contribution in [3.63, 3.8) is 0 Å². The van der Waals surface area contributed by atoms with Gasteiger partial charge in [0.05, 0.1) is 0 Å². The van der Waals surface area contributed by atoms with Crippen LogP contribution in [-0.2, 0) is 4.74 Å². The molecule has 1 aromatic rings. The fourth-order valence-electron chi connectivity index (χ4n) is 3.19. The van der Waals surface area contributed by atoms with Gasteiger partial charge in [-0.05, 0) is 70.1 Å². The minimum atomic E-state index is -0.507. The van der Waals surface area contributed by atoms with Crippen LogP contribution in [-0.4, -0.2) is 42.4 Å². The van der Waals surface area contributed by atoms with E-state index in [1.165, 1.54) is 6.07 Å². The summed E-state index contributed by atoms with van der Waals surface area (Å²) in [6.07, 6.45) is 3.73. The van der Waals surface area contributed by atoms with Crippen molar-refractivity contribution in [3.05, 3.63) is 47.3 Å². The fourth-order valence-corrected chi connectivity index (χ4v) is 3.19.